The number of nitrogens with zero attached hydrogens (tertiary/aromatic N) is 2. The first kappa shape index (κ1) is 19.5. The maximum Gasteiger partial charge on any atom is 0.340 e. The van der Waals surface area contributed by atoms with Gasteiger partial charge in [-0.2, -0.15) is 5.48 Å². The normalized spacial score (nSPS) is 23.0. The van der Waals surface area contributed by atoms with Crippen molar-refractivity contribution in [1.82, 2.24) is 15.0 Å². The average Bonchev–Trinajstić information content (AvgIpc) is 3.14. The van der Waals surface area contributed by atoms with Crippen molar-refractivity contribution >= 4 is 16.9 Å². The van der Waals surface area contributed by atoms with Crippen molar-refractivity contribution in [2.75, 3.05) is 0 Å². The van der Waals surface area contributed by atoms with Crippen LogP contribution in [-0.4, -0.2) is 25.8 Å². The van der Waals surface area contributed by atoms with E-state index in [1.165, 1.54) is 10.6 Å². The van der Waals surface area contributed by atoms with Crippen molar-refractivity contribution < 1.29 is 24.2 Å². The minimum atomic E-state index is -1.55. The van der Waals surface area contributed by atoms with Crippen LogP contribution in [0.4, 0.5) is 4.39 Å². The number of benzene rings is 1. The number of cyclic esters (lactones) is 1. The van der Waals surface area contributed by atoms with Gasteiger partial charge >= 0.3 is 5.97 Å². The van der Waals surface area contributed by atoms with Gasteiger partial charge in [0.15, 0.2) is 6.10 Å². The first-order chi connectivity index (χ1) is 15.2. The van der Waals surface area contributed by atoms with E-state index in [4.69, 9.17) is 9.72 Å². The number of hydrogen-bond donors (Lipinski definition) is 3. The van der Waals surface area contributed by atoms with Crippen LogP contribution in [0.1, 0.15) is 52.8 Å². The first-order valence-electron chi connectivity index (χ1n) is 10.4. The molecule has 0 saturated carbocycles. The van der Waals surface area contributed by atoms with Gasteiger partial charge in [-0.15, -0.1) is 0 Å². The van der Waals surface area contributed by atoms with Gasteiger partial charge < -0.3 is 19.6 Å². The summed E-state index contributed by atoms with van der Waals surface area (Å²) < 4.78 is 21.2. The van der Waals surface area contributed by atoms with E-state index in [0.717, 1.165) is 22.1 Å². The lowest BCUT2D eigenvalue weighted by Gasteiger charge is -2.36. The van der Waals surface area contributed by atoms with Gasteiger partial charge in [0, 0.05) is 22.6 Å². The van der Waals surface area contributed by atoms with Gasteiger partial charge in [0.1, 0.15) is 12.4 Å². The van der Waals surface area contributed by atoms with Crippen LogP contribution in [0.25, 0.3) is 22.3 Å². The number of carbonyl (C=O) groups is 1. The molecule has 164 valence electrons. The molecule has 3 N–H and O–H groups in total. The molecule has 0 saturated heterocycles. The minimum Gasteiger partial charge on any atom is -0.458 e. The number of carbonyl (C=O) groups excluding carboxylic acids is 1. The summed E-state index contributed by atoms with van der Waals surface area (Å²) in [7, 11) is 0. The number of aromatic nitrogens is 2. The molecule has 3 aromatic rings. The molecule has 9 heteroatoms. The molecule has 6 rings (SSSR count). The number of fused-ring (bicyclic) bond motifs is 5. The lowest BCUT2D eigenvalue weighted by atomic mass is 9.74. The van der Waals surface area contributed by atoms with Gasteiger partial charge in [0.25, 0.3) is 5.56 Å². The Hall–Kier alpha value is -3.14. The number of halogens is 1. The molecule has 2 aliphatic heterocycles. The zero-order valence-electron chi connectivity index (χ0n) is 17.5. The Bertz CT molecular complexity index is 1450. The van der Waals surface area contributed by atoms with Crippen molar-refractivity contribution in [3.05, 3.63) is 61.7 Å². The molecular weight excluding hydrogens is 417 g/mol. The Morgan fingerprint density at radius 1 is 1.28 bits per heavy atom. The maximum atomic E-state index is 14.7. The number of aliphatic hydroxyl groups excluding tert-OH is 1. The zero-order valence-corrected chi connectivity index (χ0v) is 17.5. The van der Waals surface area contributed by atoms with Crippen LogP contribution in [0.5, 0.6) is 0 Å². The SMILES string of the molecule is Cc1c(F)cc2nc3c(c4c2c1CCC4(C)NO)Cn1c-3cc2c(c1=O)COC(=O)C2O. The number of hydrogen-bond acceptors (Lipinski definition) is 7. The number of esters is 1. The summed E-state index contributed by atoms with van der Waals surface area (Å²) in [5.41, 5.74) is 6.04. The summed E-state index contributed by atoms with van der Waals surface area (Å²) in [6.07, 6.45) is -0.434. The van der Waals surface area contributed by atoms with E-state index in [1.807, 2.05) is 6.92 Å². The summed E-state index contributed by atoms with van der Waals surface area (Å²) in [5.74, 6) is -1.16. The number of hydroxylamine groups is 1. The number of rotatable bonds is 1. The summed E-state index contributed by atoms with van der Waals surface area (Å²) in [4.78, 5) is 29.8. The van der Waals surface area contributed by atoms with Gasteiger partial charge in [-0.05, 0) is 49.4 Å². The number of aliphatic hydroxyl groups is 1. The Labute approximate surface area is 181 Å². The highest BCUT2D eigenvalue weighted by Gasteiger charge is 2.41. The molecule has 2 atom stereocenters. The van der Waals surface area contributed by atoms with Crippen molar-refractivity contribution in [3.63, 3.8) is 0 Å². The third kappa shape index (κ3) is 2.27. The van der Waals surface area contributed by atoms with Gasteiger partial charge in [-0.25, -0.2) is 14.2 Å². The molecule has 0 amide bonds. The maximum absolute atomic E-state index is 14.7. The fourth-order valence-electron chi connectivity index (χ4n) is 5.47. The molecule has 8 nitrogen and oxygen atoms in total. The van der Waals surface area contributed by atoms with Crippen molar-refractivity contribution in [2.45, 2.75) is 51.5 Å². The Balaban J connectivity index is 1.72. The Kier molecular flexibility index (Phi) is 3.80. The summed E-state index contributed by atoms with van der Waals surface area (Å²) in [6, 6.07) is 2.98. The minimum absolute atomic E-state index is 0.201. The third-order valence-corrected chi connectivity index (χ3v) is 7.25. The zero-order chi connectivity index (χ0) is 22.5. The van der Waals surface area contributed by atoms with E-state index < -0.39 is 17.6 Å². The molecule has 0 bridgehead atoms. The standard InChI is InChI=1S/C23H20FN3O5/c1-9-10-3-4-23(2,26-31)18-12-7-27-16(19(12)25-15(17(10)18)6-14(9)24)5-11-13(21(27)29)8-32-22(30)20(11)28/h5-6,20,26,28,31H,3-4,7-8H2,1-2H3. The largest absolute Gasteiger partial charge is 0.458 e. The van der Waals surface area contributed by atoms with E-state index >= 15 is 0 Å². The van der Waals surface area contributed by atoms with Gasteiger partial charge in [0.05, 0.1) is 34.6 Å². The average molecular weight is 437 g/mol. The molecule has 4 heterocycles. The van der Waals surface area contributed by atoms with Crippen LogP contribution in [0, 0.1) is 12.7 Å². The van der Waals surface area contributed by atoms with E-state index in [1.54, 1.807) is 13.0 Å². The van der Waals surface area contributed by atoms with Crippen LogP contribution in [0.2, 0.25) is 0 Å². The number of pyridine rings is 2. The highest BCUT2D eigenvalue weighted by atomic mass is 19.1. The van der Waals surface area contributed by atoms with Crippen molar-refractivity contribution in [1.29, 1.82) is 0 Å². The van der Waals surface area contributed by atoms with Crippen LogP contribution in [0.15, 0.2) is 16.9 Å². The lowest BCUT2D eigenvalue weighted by Crippen LogP contribution is -2.41. The fraction of sp³-hybridized carbons (Fsp3) is 0.348. The van der Waals surface area contributed by atoms with Crippen LogP contribution < -0.4 is 11.0 Å². The Morgan fingerprint density at radius 2 is 2.06 bits per heavy atom. The molecule has 2 aromatic heterocycles. The second kappa shape index (κ2) is 6.22. The molecule has 1 aliphatic carbocycles. The monoisotopic (exact) mass is 437 g/mol. The first-order valence-corrected chi connectivity index (χ1v) is 10.4. The van der Waals surface area contributed by atoms with Crippen molar-refractivity contribution in [3.8, 4) is 11.4 Å². The van der Waals surface area contributed by atoms with E-state index in [0.29, 0.717) is 35.3 Å². The smallest absolute Gasteiger partial charge is 0.340 e. The fourth-order valence-corrected chi connectivity index (χ4v) is 5.47. The molecule has 0 radical (unpaired) electrons. The van der Waals surface area contributed by atoms with Crippen LogP contribution >= 0.6 is 0 Å². The van der Waals surface area contributed by atoms with E-state index in [-0.39, 0.29) is 35.7 Å². The lowest BCUT2D eigenvalue weighted by molar-refractivity contribution is -0.157. The van der Waals surface area contributed by atoms with Gasteiger partial charge in [0.2, 0.25) is 0 Å². The predicted molar refractivity (Wildman–Crippen MR) is 111 cm³/mol. The van der Waals surface area contributed by atoms with Crippen molar-refractivity contribution in [2.24, 2.45) is 0 Å². The molecule has 2 unspecified atom stereocenters. The van der Waals surface area contributed by atoms with Gasteiger partial charge in [-0.1, -0.05) is 0 Å². The molecule has 0 fully saturated rings. The number of ether oxygens (including phenoxy) is 1. The van der Waals surface area contributed by atoms with Crippen LogP contribution in [-0.2, 0) is 34.6 Å². The number of aryl methyl sites for hydroxylation is 1. The highest BCUT2D eigenvalue weighted by molar-refractivity contribution is 5.93. The van der Waals surface area contributed by atoms with E-state index in [2.05, 4.69) is 5.48 Å². The summed E-state index contributed by atoms with van der Waals surface area (Å²) in [6.45, 7) is 3.62. The molecule has 0 spiro atoms. The quantitative estimate of drug-likeness (QED) is 0.309. The second-order valence-electron chi connectivity index (χ2n) is 8.98. The van der Waals surface area contributed by atoms with Gasteiger partial charge in [-0.3, -0.25) is 4.79 Å². The number of nitrogens with one attached hydrogen (secondary N) is 1. The molecular formula is C23H20FN3O5. The topological polar surface area (TPSA) is 114 Å². The molecule has 1 aromatic carbocycles. The van der Waals surface area contributed by atoms with Crippen LogP contribution in [0.3, 0.4) is 0 Å². The summed E-state index contributed by atoms with van der Waals surface area (Å²) in [5, 5.41) is 21.2. The third-order valence-electron chi connectivity index (χ3n) is 7.25. The molecule has 3 aliphatic rings. The molecule has 32 heavy (non-hydrogen) atoms. The van der Waals surface area contributed by atoms with E-state index in [9.17, 15) is 24.3 Å². The predicted octanol–water partition coefficient (Wildman–Crippen LogP) is 2.10. The highest BCUT2D eigenvalue weighted by Crippen LogP contribution is 2.47. The second-order valence-corrected chi connectivity index (χ2v) is 8.98. The Morgan fingerprint density at radius 3 is 2.81 bits per heavy atom. The summed E-state index contributed by atoms with van der Waals surface area (Å²) >= 11 is 0.